The van der Waals surface area contributed by atoms with E-state index in [1.165, 1.54) is 6.42 Å². The van der Waals surface area contributed by atoms with Crippen molar-refractivity contribution < 1.29 is 9.15 Å². The lowest BCUT2D eigenvalue weighted by atomic mass is 9.99. The number of nitrogens with zero attached hydrogens (tertiary/aromatic N) is 2. The number of oxazole rings is 1. The highest BCUT2D eigenvalue weighted by Gasteiger charge is 2.22. The van der Waals surface area contributed by atoms with Gasteiger partial charge in [-0.25, -0.2) is 0 Å². The lowest BCUT2D eigenvalue weighted by Crippen LogP contribution is -2.37. The van der Waals surface area contributed by atoms with Crippen LogP contribution in [0.3, 0.4) is 0 Å². The third kappa shape index (κ3) is 2.54. The molecule has 1 aliphatic heterocycles. The summed E-state index contributed by atoms with van der Waals surface area (Å²) in [6.07, 6.45) is 4.01. The van der Waals surface area contributed by atoms with Crippen LogP contribution in [0.2, 0.25) is 0 Å². The zero-order valence-electron chi connectivity index (χ0n) is 9.69. The molecule has 0 radical (unpaired) electrons. The average Bonchev–Trinajstić information content (AvgIpc) is 2.78. The van der Waals surface area contributed by atoms with E-state index in [-0.39, 0.29) is 0 Å². The van der Waals surface area contributed by atoms with Crippen molar-refractivity contribution in [2.75, 3.05) is 31.7 Å². The molecule has 5 heteroatoms. The van der Waals surface area contributed by atoms with E-state index in [1.807, 2.05) is 0 Å². The van der Waals surface area contributed by atoms with Crippen LogP contribution in [0.5, 0.6) is 0 Å². The molecule has 1 aromatic rings. The quantitative estimate of drug-likeness (QED) is 0.828. The average molecular weight is 225 g/mol. The molecule has 1 aliphatic rings. The number of nitrogens with two attached hydrogens (primary N) is 1. The molecule has 1 atom stereocenters. The van der Waals surface area contributed by atoms with E-state index in [4.69, 9.17) is 14.9 Å². The van der Waals surface area contributed by atoms with Crippen LogP contribution >= 0.6 is 0 Å². The van der Waals surface area contributed by atoms with Gasteiger partial charge in [0.2, 0.25) is 0 Å². The molecule has 0 bridgehead atoms. The Morgan fingerprint density at radius 2 is 2.56 bits per heavy atom. The van der Waals surface area contributed by atoms with E-state index >= 15 is 0 Å². The molecule has 0 aromatic carbocycles. The number of aromatic nitrogens is 1. The maximum atomic E-state index is 5.51. The van der Waals surface area contributed by atoms with Gasteiger partial charge >= 0.3 is 0 Å². The van der Waals surface area contributed by atoms with Gasteiger partial charge in [0.05, 0.1) is 12.3 Å². The monoisotopic (exact) mass is 225 g/mol. The number of hydrogen-bond donors (Lipinski definition) is 1. The van der Waals surface area contributed by atoms with E-state index in [2.05, 4.69) is 9.88 Å². The van der Waals surface area contributed by atoms with Gasteiger partial charge in [-0.1, -0.05) is 0 Å². The lowest BCUT2D eigenvalue weighted by molar-refractivity contribution is 0.142. The second-order valence-electron chi connectivity index (χ2n) is 4.24. The van der Waals surface area contributed by atoms with Gasteiger partial charge in [0, 0.05) is 26.7 Å². The van der Waals surface area contributed by atoms with Gasteiger partial charge in [0.15, 0.2) is 0 Å². The fourth-order valence-corrected chi connectivity index (χ4v) is 2.15. The predicted molar refractivity (Wildman–Crippen MR) is 61.2 cm³/mol. The molecule has 2 heterocycles. The predicted octanol–water partition coefficient (Wildman–Crippen LogP) is 0.996. The van der Waals surface area contributed by atoms with E-state index in [0.717, 1.165) is 31.8 Å². The maximum absolute atomic E-state index is 5.51. The molecule has 0 aliphatic carbocycles. The molecule has 0 amide bonds. The van der Waals surface area contributed by atoms with Crippen molar-refractivity contribution in [3.63, 3.8) is 0 Å². The van der Waals surface area contributed by atoms with Gasteiger partial charge in [-0.3, -0.25) is 0 Å². The minimum absolute atomic E-state index is 0.429. The summed E-state index contributed by atoms with van der Waals surface area (Å²) in [6.45, 7) is 3.20. The number of hydrogen-bond acceptors (Lipinski definition) is 5. The summed E-state index contributed by atoms with van der Waals surface area (Å²) in [6, 6.07) is 0.696. The van der Waals surface area contributed by atoms with Gasteiger partial charge in [-0.05, 0) is 18.8 Å². The van der Waals surface area contributed by atoms with Crippen LogP contribution in [0.25, 0.3) is 0 Å². The molecular weight excluding hydrogens is 206 g/mol. The van der Waals surface area contributed by atoms with Gasteiger partial charge in [-0.2, -0.15) is 4.98 Å². The first-order chi connectivity index (χ1) is 7.83. The summed E-state index contributed by atoms with van der Waals surface area (Å²) < 4.78 is 10.6. The van der Waals surface area contributed by atoms with Gasteiger partial charge in [-0.15, -0.1) is 0 Å². The number of ether oxygens (including phenoxy) is 1. The lowest BCUT2D eigenvalue weighted by Gasteiger charge is -2.31. The standard InChI is InChI=1S/C11H19N3O2/c1-15-7-9-3-2-4-14(6-9)11-13-10(5-12)8-16-11/h8-9H,2-7,12H2,1H3. The number of piperidine rings is 1. The fourth-order valence-electron chi connectivity index (χ4n) is 2.15. The smallest absolute Gasteiger partial charge is 0.297 e. The molecule has 0 saturated carbocycles. The Hall–Kier alpha value is -1.07. The first-order valence-electron chi connectivity index (χ1n) is 5.72. The van der Waals surface area contributed by atoms with Crippen molar-refractivity contribution >= 4 is 6.01 Å². The molecule has 1 aromatic heterocycles. The minimum Gasteiger partial charge on any atom is -0.432 e. The van der Waals surface area contributed by atoms with E-state index in [0.29, 0.717) is 18.5 Å². The third-order valence-electron chi connectivity index (χ3n) is 2.94. The summed E-state index contributed by atoms with van der Waals surface area (Å²) >= 11 is 0. The van der Waals surface area contributed by atoms with Crippen LogP contribution in [-0.4, -0.2) is 31.8 Å². The topological polar surface area (TPSA) is 64.5 Å². The second kappa shape index (κ2) is 5.32. The molecule has 2 N–H and O–H groups in total. The van der Waals surface area contributed by atoms with Gasteiger partial charge < -0.3 is 19.8 Å². The SMILES string of the molecule is COCC1CCCN(c2nc(CN)co2)C1. The fraction of sp³-hybridized carbons (Fsp3) is 0.727. The van der Waals surface area contributed by atoms with Crippen LogP contribution in [0.1, 0.15) is 18.5 Å². The zero-order chi connectivity index (χ0) is 11.4. The number of anilines is 1. The number of rotatable bonds is 4. The van der Waals surface area contributed by atoms with Crippen LogP contribution in [-0.2, 0) is 11.3 Å². The van der Waals surface area contributed by atoms with Crippen LogP contribution < -0.4 is 10.6 Å². The molecule has 0 spiro atoms. The Morgan fingerprint density at radius 3 is 3.25 bits per heavy atom. The molecule has 5 nitrogen and oxygen atoms in total. The van der Waals surface area contributed by atoms with Gasteiger partial charge in [0.25, 0.3) is 6.01 Å². The Labute approximate surface area is 95.6 Å². The first-order valence-corrected chi connectivity index (χ1v) is 5.72. The van der Waals surface area contributed by atoms with E-state index in [9.17, 15) is 0 Å². The Balaban J connectivity index is 1.98. The van der Waals surface area contributed by atoms with Crippen molar-refractivity contribution in [2.45, 2.75) is 19.4 Å². The molecule has 2 rings (SSSR count). The van der Waals surface area contributed by atoms with E-state index in [1.54, 1.807) is 13.4 Å². The summed E-state index contributed by atoms with van der Waals surface area (Å²) in [5.74, 6) is 0.576. The highest BCUT2D eigenvalue weighted by Crippen LogP contribution is 2.22. The van der Waals surface area contributed by atoms with Crippen LogP contribution in [0.15, 0.2) is 10.7 Å². The Kier molecular flexibility index (Phi) is 3.79. The van der Waals surface area contributed by atoms with Crippen molar-refractivity contribution in [3.05, 3.63) is 12.0 Å². The highest BCUT2D eigenvalue weighted by atomic mass is 16.5. The molecule has 90 valence electrons. The molecule has 1 saturated heterocycles. The summed E-state index contributed by atoms with van der Waals surface area (Å²) in [5.41, 5.74) is 6.32. The molecule has 1 fully saturated rings. The number of methoxy groups -OCH3 is 1. The minimum atomic E-state index is 0.429. The first kappa shape index (κ1) is 11.4. The maximum Gasteiger partial charge on any atom is 0.297 e. The van der Waals surface area contributed by atoms with E-state index < -0.39 is 0 Å². The van der Waals surface area contributed by atoms with Crippen molar-refractivity contribution in [1.82, 2.24) is 4.98 Å². The summed E-state index contributed by atoms with van der Waals surface area (Å²) in [4.78, 5) is 6.51. The third-order valence-corrected chi connectivity index (χ3v) is 2.94. The van der Waals surface area contributed by atoms with Crippen molar-refractivity contribution in [3.8, 4) is 0 Å². The Morgan fingerprint density at radius 1 is 1.69 bits per heavy atom. The van der Waals surface area contributed by atoms with Gasteiger partial charge in [0.1, 0.15) is 6.26 Å². The van der Waals surface area contributed by atoms with Crippen LogP contribution in [0.4, 0.5) is 6.01 Å². The Bertz CT molecular complexity index is 325. The van der Waals surface area contributed by atoms with Crippen LogP contribution in [0, 0.1) is 5.92 Å². The summed E-state index contributed by atoms with van der Waals surface area (Å²) in [7, 11) is 1.75. The highest BCUT2D eigenvalue weighted by molar-refractivity contribution is 5.27. The largest absolute Gasteiger partial charge is 0.432 e. The molecule has 1 unspecified atom stereocenters. The normalized spacial score (nSPS) is 21.4. The molecule has 16 heavy (non-hydrogen) atoms. The van der Waals surface area contributed by atoms with Crippen molar-refractivity contribution in [1.29, 1.82) is 0 Å². The second-order valence-corrected chi connectivity index (χ2v) is 4.24. The van der Waals surface area contributed by atoms with Crippen molar-refractivity contribution in [2.24, 2.45) is 11.7 Å². The zero-order valence-corrected chi connectivity index (χ0v) is 9.69. The summed E-state index contributed by atoms with van der Waals surface area (Å²) in [5, 5.41) is 0. The molecular formula is C11H19N3O2.